The molecule has 1 saturated heterocycles. The van der Waals surface area contributed by atoms with E-state index in [9.17, 15) is 10.1 Å². The Bertz CT molecular complexity index is 287. The zero-order valence-corrected chi connectivity index (χ0v) is 10.3. The summed E-state index contributed by atoms with van der Waals surface area (Å²) in [5.74, 6) is 0.651. The number of nitrogens with zero attached hydrogens (tertiary/aromatic N) is 2. The molecule has 1 N–H and O–H groups in total. The number of unbranched alkanes of at least 4 members (excludes halogenated alkanes) is 1. The van der Waals surface area contributed by atoms with Crippen LogP contribution >= 0.6 is 0 Å². The summed E-state index contributed by atoms with van der Waals surface area (Å²) in [5, 5.41) is 13.7. The lowest BCUT2D eigenvalue weighted by atomic mass is 9.91. The predicted octanol–water partition coefficient (Wildman–Crippen LogP) is 1.79. The van der Waals surface area contributed by atoms with Gasteiger partial charge in [0.15, 0.2) is 5.82 Å². The fraction of sp³-hybridized carbons (Fsp3) is 0.818. The molecule has 0 saturated carbocycles. The Morgan fingerprint density at radius 3 is 2.88 bits per heavy atom. The summed E-state index contributed by atoms with van der Waals surface area (Å²) in [4.78, 5) is 12.2. The molecular weight excluding hydrogens is 206 g/mol. The van der Waals surface area contributed by atoms with E-state index in [2.05, 4.69) is 31.0 Å². The van der Waals surface area contributed by atoms with Gasteiger partial charge in [0.05, 0.1) is 4.92 Å². The van der Waals surface area contributed by atoms with Crippen LogP contribution in [0.1, 0.15) is 33.6 Å². The minimum absolute atomic E-state index is 0.168. The van der Waals surface area contributed by atoms with Crippen LogP contribution in [0.5, 0.6) is 0 Å². The summed E-state index contributed by atoms with van der Waals surface area (Å²) in [7, 11) is 0. The molecule has 1 aliphatic rings. The van der Waals surface area contributed by atoms with Crippen molar-refractivity contribution in [1.82, 2.24) is 10.2 Å². The van der Waals surface area contributed by atoms with E-state index in [1.54, 1.807) is 0 Å². The SMILES string of the molecule is CCCCN1CC(C)(C)CN/C1=C/[N+](=O)[O-]. The summed E-state index contributed by atoms with van der Waals surface area (Å²) < 4.78 is 0. The van der Waals surface area contributed by atoms with Crippen molar-refractivity contribution in [1.29, 1.82) is 0 Å². The average molecular weight is 227 g/mol. The molecule has 0 amide bonds. The molecule has 5 heteroatoms. The van der Waals surface area contributed by atoms with Crippen LogP contribution in [0.4, 0.5) is 0 Å². The Labute approximate surface area is 96.7 Å². The fourth-order valence-electron chi connectivity index (χ4n) is 1.88. The smallest absolute Gasteiger partial charge is 0.274 e. The van der Waals surface area contributed by atoms with E-state index < -0.39 is 0 Å². The Morgan fingerprint density at radius 2 is 2.31 bits per heavy atom. The standard InChI is InChI=1S/C11H21N3O2/c1-4-5-6-13-9-11(2,3)8-12-10(13)7-14(15)16/h7,12H,4-6,8-9H2,1-3H3/b10-7-. The molecule has 16 heavy (non-hydrogen) atoms. The lowest BCUT2D eigenvalue weighted by molar-refractivity contribution is -0.405. The lowest BCUT2D eigenvalue weighted by Gasteiger charge is -2.40. The third kappa shape index (κ3) is 3.72. The maximum atomic E-state index is 10.5. The molecule has 0 spiro atoms. The van der Waals surface area contributed by atoms with Gasteiger partial charge in [-0.05, 0) is 11.8 Å². The first-order chi connectivity index (χ1) is 7.44. The maximum Gasteiger partial charge on any atom is 0.274 e. The second-order valence-electron chi connectivity index (χ2n) is 5.09. The fourth-order valence-corrected chi connectivity index (χ4v) is 1.88. The Morgan fingerprint density at radius 1 is 1.62 bits per heavy atom. The molecule has 1 fully saturated rings. The largest absolute Gasteiger partial charge is 0.366 e. The van der Waals surface area contributed by atoms with Crippen LogP contribution < -0.4 is 5.32 Å². The van der Waals surface area contributed by atoms with Crippen molar-refractivity contribution in [2.24, 2.45) is 5.41 Å². The quantitative estimate of drug-likeness (QED) is 0.587. The van der Waals surface area contributed by atoms with Crippen molar-refractivity contribution in [3.05, 3.63) is 22.1 Å². The van der Waals surface area contributed by atoms with Crippen molar-refractivity contribution in [3.8, 4) is 0 Å². The van der Waals surface area contributed by atoms with Crippen molar-refractivity contribution in [2.45, 2.75) is 33.6 Å². The minimum atomic E-state index is -0.389. The number of hydrogen-bond acceptors (Lipinski definition) is 4. The molecule has 92 valence electrons. The number of nitro groups is 1. The molecular formula is C11H21N3O2. The van der Waals surface area contributed by atoms with Gasteiger partial charge in [-0.15, -0.1) is 0 Å². The monoisotopic (exact) mass is 227 g/mol. The molecule has 0 bridgehead atoms. The van der Waals surface area contributed by atoms with Gasteiger partial charge in [0.2, 0.25) is 0 Å². The summed E-state index contributed by atoms with van der Waals surface area (Å²) in [5.41, 5.74) is 0.168. The van der Waals surface area contributed by atoms with Gasteiger partial charge >= 0.3 is 0 Å². The molecule has 0 aromatic rings. The van der Waals surface area contributed by atoms with E-state index in [0.29, 0.717) is 5.82 Å². The van der Waals surface area contributed by atoms with Crippen molar-refractivity contribution >= 4 is 0 Å². The summed E-state index contributed by atoms with van der Waals surface area (Å²) in [6.07, 6.45) is 3.24. The van der Waals surface area contributed by atoms with Gasteiger partial charge in [0.1, 0.15) is 0 Å². The zero-order chi connectivity index (χ0) is 12.2. The molecule has 1 rings (SSSR count). The first-order valence-electron chi connectivity index (χ1n) is 5.79. The number of nitrogens with one attached hydrogen (secondary N) is 1. The molecule has 0 aromatic heterocycles. The number of rotatable bonds is 4. The van der Waals surface area contributed by atoms with Crippen LogP contribution in [0.25, 0.3) is 0 Å². The summed E-state index contributed by atoms with van der Waals surface area (Å²) in [6, 6.07) is 0. The molecule has 1 aliphatic heterocycles. The normalized spacial score (nSPS) is 21.9. The van der Waals surface area contributed by atoms with Gasteiger partial charge < -0.3 is 10.2 Å². The van der Waals surface area contributed by atoms with Crippen LogP contribution in [0, 0.1) is 15.5 Å². The van der Waals surface area contributed by atoms with E-state index in [0.717, 1.165) is 38.7 Å². The second kappa shape index (κ2) is 5.18. The third-order valence-electron chi connectivity index (χ3n) is 2.72. The molecule has 0 aromatic carbocycles. The van der Waals surface area contributed by atoms with Gasteiger partial charge in [-0.1, -0.05) is 27.2 Å². The zero-order valence-electron chi connectivity index (χ0n) is 10.3. The maximum absolute atomic E-state index is 10.5. The molecule has 0 unspecified atom stereocenters. The van der Waals surface area contributed by atoms with E-state index in [-0.39, 0.29) is 10.3 Å². The van der Waals surface area contributed by atoms with Crippen LogP contribution in [0.15, 0.2) is 12.0 Å². The highest BCUT2D eigenvalue weighted by Gasteiger charge is 2.29. The van der Waals surface area contributed by atoms with Crippen LogP contribution in [-0.2, 0) is 0 Å². The van der Waals surface area contributed by atoms with Gasteiger partial charge in [-0.2, -0.15) is 0 Å². The van der Waals surface area contributed by atoms with Crippen LogP contribution in [0.2, 0.25) is 0 Å². The molecule has 0 radical (unpaired) electrons. The minimum Gasteiger partial charge on any atom is -0.366 e. The van der Waals surface area contributed by atoms with E-state index in [4.69, 9.17) is 0 Å². The molecule has 5 nitrogen and oxygen atoms in total. The summed E-state index contributed by atoms with van der Waals surface area (Å²) >= 11 is 0. The highest BCUT2D eigenvalue weighted by atomic mass is 16.6. The van der Waals surface area contributed by atoms with E-state index in [1.807, 2.05) is 0 Å². The van der Waals surface area contributed by atoms with Crippen molar-refractivity contribution in [3.63, 3.8) is 0 Å². The van der Waals surface area contributed by atoms with Gasteiger partial charge in [0.25, 0.3) is 6.20 Å². The highest BCUT2D eigenvalue weighted by molar-refractivity contribution is 5.02. The average Bonchev–Trinajstić information content (AvgIpc) is 2.17. The van der Waals surface area contributed by atoms with E-state index >= 15 is 0 Å². The van der Waals surface area contributed by atoms with Crippen LogP contribution in [0.3, 0.4) is 0 Å². The van der Waals surface area contributed by atoms with Gasteiger partial charge in [-0.3, -0.25) is 10.1 Å². The first kappa shape index (κ1) is 12.8. The topological polar surface area (TPSA) is 58.4 Å². The lowest BCUT2D eigenvalue weighted by Crippen LogP contribution is -2.50. The van der Waals surface area contributed by atoms with Crippen molar-refractivity contribution in [2.75, 3.05) is 19.6 Å². The molecule has 0 aliphatic carbocycles. The van der Waals surface area contributed by atoms with Crippen LogP contribution in [-0.4, -0.2) is 29.5 Å². The Hall–Kier alpha value is -1.26. The second-order valence-corrected chi connectivity index (χ2v) is 5.09. The third-order valence-corrected chi connectivity index (χ3v) is 2.72. The Kier molecular flexibility index (Phi) is 4.15. The van der Waals surface area contributed by atoms with E-state index in [1.165, 1.54) is 0 Å². The summed E-state index contributed by atoms with van der Waals surface area (Å²) in [6.45, 7) is 9.00. The van der Waals surface area contributed by atoms with Gasteiger partial charge in [0, 0.05) is 19.6 Å². The number of hydrogen-bond donors (Lipinski definition) is 1. The van der Waals surface area contributed by atoms with Crippen molar-refractivity contribution < 1.29 is 4.92 Å². The van der Waals surface area contributed by atoms with Gasteiger partial charge in [-0.25, -0.2) is 0 Å². The highest BCUT2D eigenvalue weighted by Crippen LogP contribution is 2.23. The first-order valence-corrected chi connectivity index (χ1v) is 5.79. The Balaban J connectivity index is 2.71. The predicted molar refractivity (Wildman–Crippen MR) is 63.3 cm³/mol. The molecule has 0 atom stereocenters. The molecule has 1 heterocycles.